The van der Waals surface area contributed by atoms with E-state index in [4.69, 9.17) is 0 Å². The number of rotatable bonds is 2. The zero-order valence-electron chi connectivity index (χ0n) is 28.1. The van der Waals surface area contributed by atoms with E-state index >= 15 is 0 Å². The van der Waals surface area contributed by atoms with Crippen LogP contribution in [0.5, 0.6) is 0 Å². The quantitative estimate of drug-likeness (QED) is 0.196. The van der Waals surface area contributed by atoms with Crippen LogP contribution in [0.25, 0.3) is 0 Å². The lowest BCUT2D eigenvalue weighted by Crippen LogP contribution is -2.69. The third-order valence-corrected chi connectivity index (χ3v) is 49.8. The van der Waals surface area contributed by atoms with Crippen molar-refractivity contribution in [1.29, 1.82) is 0 Å². The number of benzene rings is 4. The Hall–Kier alpha value is -1.95. The first-order valence-corrected chi connectivity index (χ1v) is 31.8. The zero-order chi connectivity index (χ0) is 31.4. The van der Waals surface area contributed by atoms with E-state index in [2.05, 4.69) is 149 Å². The molecule has 0 saturated heterocycles. The van der Waals surface area contributed by atoms with Gasteiger partial charge < -0.3 is 9.80 Å². The maximum Gasteiger partial charge on any atom is 0.0792 e. The average molecular weight is 683 g/mol. The molecule has 3 aliphatic heterocycles. The molecule has 0 amide bonds. The Morgan fingerprint density at radius 1 is 0.409 bits per heavy atom. The fraction of sp³-hybridized carbons (Fsp3) is 0.333. The molecule has 0 spiro atoms. The lowest BCUT2D eigenvalue weighted by Gasteiger charge is -2.43. The van der Waals surface area contributed by atoms with Crippen molar-refractivity contribution in [1.82, 2.24) is 0 Å². The Kier molecular flexibility index (Phi) is 7.17. The molecular weight excluding hydrogens is 637 g/mol. The topological polar surface area (TPSA) is 6.48 Å². The second-order valence-corrected chi connectivity index (χ2v) is 47.4. The standard InChI is InChI=1S/C36H46N2S2Si4/c1-11-37-29-17-13-25-21-33(29)39-34-22-26(14-18-30(34)37)42(5,6)44(9,10)28-16-20-32-36(24-28)40-35-23-27(43(7,8)41(25,3)4)15-19-31(35)38(32)12-2/h13-24H,11-12H2,1-10H3. The van der Waals surface area contributed by atoms with Gasteiger partial charge in [-0.3, -0.25) is 0 Å². The van der Waals surface area contributed by atoms with E-state index in [1.54, 1.807) is 20.7 Å². The molecule has 3 heterocycles. The second-order valence-electron chi connectivity index (χ2n) is 14.9. The minimum Gasteiger partial charge on any atom is -0.340 e. The van der Waals surface area contributed by atoms with Crippen LogP contribution in [0, 0.1) is 0 Å². The van der Waals surface area contributed by atoms with Crippen LogP contribution in [0.15, 0.2) is 92.4 Å². The van der Waals surface area contributed by atoms with Gasteiger partial charge in [0.05, 0.1) is 53.1 Å². The first kappa shape index (κ1) is 30.7. The first-order chi connectivity index (χ1) is 20.7. The summed E-state index contributed by atoms with van der Waals surface area (Å²) in [6, 6.07) is 30.2. The first-order valence-electron chi connectivity index (χ1n) is 16.2. The summed E-state index contributed by atoms with van der Waals surface area (Å²) in [5.41, 5.74) is 5.51. The molecule has 3 aliphatic rings. The van der Waals surface area contributed by atoms with Crippen molar-refractivity contribution >= 4 is 97.4 Å². The molecule has 8 bridgehead atoms. The molecule has 4 aromatic rings. The van der Waals surface area contributed by atoms with Crippen LogP contribution >= 0.6 is 23.5 Å². The van der Waals surface area contributed by atoms with Crippen LogP contribution < -0.4 is 30.5 Å². The molecule has 0 atom stereocenters. The van der Waals surface area contributed by atoms with Gasteiger partial charge >= 0.3 is 0 Å². The van der Waals surface area contributed by atoms with Crippen molar-refractivity contribution in [3.8, 4) is 0 Å². The molecule has 4 aromatic carbocycles. The van der Waals surface area contributed by atoms with E-state index < -0.39 is 30.4 Å². The fourth-order valence-electron chi connectivity index (χ4n) is 7.45. The normalized spacial score (nSPS) is 19.8. The highest BCUT2D eigenvalue weighted by molar-refractivity contribution is 8.00. The van der Waals surface area contributed by atoms with Crippen molar-refractivity contribution < 1.29 is 0 Å². The zero-order valence-corrected chi connectivity index (χ0v) is 33.7. The summed E-state index contributed by atoms with van der Waals surface area (Å²) in [4.78, 5) is 10.9. The Bertz CT molecular complexity index is 1570. The number of fused-ring (bicyclic) bond motifs is 4. The highest BCUT2D eigenvalue weighted by Gasteiger charge is 2.46. The Balaban J connectivity index is 1.51. The van der Waals surface area contributed by atoms with Gasteiger partial charge in [0, 0.05) is 32.7 Å². The third-order valence-electron chi connectivity index (χ3n) is 12.1. The molecule has 0 aromatic heterocycles. The number of hydrogen-bond acceptors (Lipinski definition) is 4. The Morgan fingerprint density at radius 3 is 0.841 bits per heavy atom. The Morgan fingerprint density at radius 2 is 0.636 bits per heavy atom. The summed E-state index contributed by atoms with van der Waals surface area (Å²) in [5.74, 6) is 0. The maximum atomic E-state index is 2.64. The SMILES string of the molecule is CCN1c2ccc3cc2Sc2cc(ccc21)[Si](C)(C)[Si](C)(C)c1ccc2c(c1)Sc1cc(ccc1N2CC)[Si](C)(C)[Si]3(C)C. The summed E-state index contributed by atoms with van der Waals surface area (Å²) in [6.45, 7) is 27.7. The van der Waals surface area contributed by atoms with E-state index in [9.17, 15) is 0 Å². The molecule has 7 rings (SSSR count). The molecule has 0 radical (unpaired) electrons. The minimum absolute atomic E-state index is 0.984. The summed E-state index contributed by atoms with van der Waals surface area (Å²) < 4.78 is 0. The summed E-state index contributed by atoms with van der Waals surface area (Å²) in [7, 11) is -7.31. The van der Waals surface area contributed by atoms with E-state index in [0.717, 1.165) is 13.1 Å². The predicted octanol–water partition coefficient (Wildman–Crippen LogP) is 8.46. The molecule has 0 N–H and O–H groups in total. The maximum absolute atomic E-state index is 2.64. The van der Waals surface area contributed by atoms with Crippen molar-refractivity contribution in [2.75, 3.05) is 22.9 Å². The predicted molar refractivity (Wildman–Crippen MR) is 208 cm³/mol. The minimum atomic E-state index is -1.83. The van der Waals surface area contributed by atoms with Gasteiger partial charge in [-0.15, -0.1) is 0 Å². The van der Waals surface area contributed by atoms with Gasteiger partial charge in [0.1, 0.15) is 0 Å². The van der Waals surface area contributed by atoms with Gasteiger partial charge in [-0.2, -0.15) is 0 Å². The monoisotopic (exact) mass is 682 g/mol. The lowest BCUT2D eigenvalue weighted by atomic mass is 10.2. The average Bonchev–Trinajstić information content (AvgIpc) is 3.00. The molecule has 0 fully saturated rings. The molecule has 228 valence electrons. The van der Waals surface area contributed by atoms with Gasteiger partial charge in [-0.1, -0.05) is 121 Å². The largest absolute Gasteiger partial charge is 0.340 e. The van der Waals surface area contributed by atoms with Crippen molar-refractivity contribution in [3.05, 3.63) is 72.8 Å². The molecule has 2 nitrogen and oxygen atoms in total. The van der Waals surface area contributed by atoms with Gasteiger partial charge in [-0.25, -0.2) is 0 Å². The van der Waals surface area contributed by atoms with Crippen LogP contribution in [0.1, 0.15) is 13.8 Å². The summed E-state index contributed by atoms with van der Waals surface area (Å²) >= 11 is 4.05. The summed E-state index contributed by atoms with van der Waals surface area (Å²) in [6.07, 6.45) is 0. The molecule has 0 unspecified atom stereocenters. The van der Waals surface area contributed by atoms with Crippen LogP contribution in [0.3, 0.4) is 0 Å². The lowest BCUT2D eigenvalue weighted by molar-refractivity contribution is 0.981. The smallest absolute Gasteiger partial charge is 0.0792 e. The molecule has 0 aliphatic carbocycles. The molecule has 8 heteroatoms. The fourth-order valence-corrected chi connectivity index (χ4v) is 27.7. The molecule has 0 saturated carbocycles. The van der Waals surface area contributed by atoms with Crippen molar-refractivity contribution in [2.24, 2.45) is 0 Å². The number of hydrogen-bond donors (Lipinski definition) is 0. The van der Waals surface area contributed by atoms with E-state index in [1.807, 2.05) is 23.5 Å². The van der Waals surface area contributed by atoms with Crippen LogP contribution in [-0.4, -0.2) is 43.5 Å². The van der Waals surface area contributed by atoms with Gasteiger partial charge in [-0.05, 0) is 62.4 Å². The van der Waals surface area contributed by atoms with Gasteiger partial charge in [0.25, 0.3) is 0 Å². The Labute approximate surface area is 277 Å². The van der Waals surface area contributed by atoms with Gasteiger partial charge in [0.2, 0.25) is 0 Å². The highest BCUT2D eigenvalue weighted by atomic mass is 32.2. The van der Waals surface area contributed by atoms with Crippen molar-refractivity contribution in [2.45, 2.75) is 85.8 Å². The highest BCUT2D eigenvalue weighted by Crippen LogP contribution is 2.49. The van der Waals surface area contributed by atoms with E-state index in [0.29, 0.717) is 0 Å². The third kappa shape index (κ3) is 4.24. The van der Waals surface area contributed by atoms with Crippen molar-refractivity contribution in [3.63, 3.8) is 0 Å². The molecular formula is C36H46N2S2Si4. The van der Waals surface area contributed by atoms with Gasteiger partial charge in [0.15, 0.2) is 0 Å². The molecule has 44 heavy (non-hydrogen) atoms. The van der Waals surface area contributed by atoms with Crippen LogP contribution in [0.4, 0.5) is 22.7 Å². The van der Waals surface area contributed by atoms with Crippen LogP contribution in [-0.2, 0) is 0 Å². The number of nitrogens with zero attached hydrogens (tertiary/aromatic N) is 2. The second kappa shape index (κ2) is 10.3. The summed E-state index contributed by atoms with van der Waals surface area (Å²) in [5, 5.41) is 6.43. The van der Waals surface area contributed by atoms with E-state index in [-0.39, 0.29) is 0 Å². The van der Waals surface area contributed by atoms with Crippen LogP contribution in [0.2, 0.25) is 52.4 Å². The number of anilines is 4. The van der Waals surface area contributed by atoms with E-state index in [1.165, 1.54) is 42.3 Å².